The lowest BCUT2D eigenvalue weighted by Crippen LogP contribution is -2.35. The summed E-state index contributed by atoms with van der Waals surface area (Å²) in [5.74, 6) is 0.581. The molecule has 0 fully saturated rings. The minimum Gasteiger partial charge on any atom is -0.477 e. The highest BCUT2D eigenvalue weighted by Crippen LogP contribution is 2.06. The van der Waals surface area contributed by atoms with Gasteiger partial charge in [0.1, 0.15) is 0 Å². The number of ether oxygens (including phenoxy) is 1. The topological polar surface area (TPSA) is 47.0 Å². The predicted molar refractivity (Wildman–Crippen MR) is 59.8 cm³/mol. The molecule has 84 valence electrons. The van der Waals surface area contributed by atoms with Crippen molar-refractivity contribution in [1.82, 2.24) is 15.5 Å². The van der Waals surface area contributed by atoms with E-state index in [2.05, 4.69) is 36.3 Å². The summed E-state index contributed by atoms with van der Waals surface area (Å²) >= 11 is 0. The zero-order chi connectivity index (χ0) is 11.3. The van der Waals surface area contributed by atoms with Crippen LogP contribution in [-0.4, -0.2) is 22.3 Å². The summed E-state index contributed by atoms with van der Waals surface area (Å²) < 4.78 is 5.21. The molecule has 15 heavy (non-hydrogen) atoms. The molecule has 0 atom stereocenters. The maximum atomic E-state index is 5.21. The minimum absolute atomic E-state index is 0.0975. The zero-order valence-corrected chi connectivity index (χ0v) is 9.87. The molecule has 0 radical (unpaired) electrons. The smallest absolute Gasteiger partial charge is 0.233 e. The van der Waals surface area contributed by atoms with E-state index < -0.39 is 0 Å². The molecule has 1 aromatic heterocycles. The fourth-order valence-corrected chi connectivity index (χ4v) is 1.02. The van der Waals surface area contributed by atoms with Gasteiger partial charge in [-0.2, -0.15) is 5.10 Å². The monoisotopic (exact) mass is 209 g/mol. The molecule has 0 unspecified atom stereocenters. The van der Waals surface area contributed by atoms with Crippen molar-refractivity contribution < 1.29 is 4.74 Å². The second kappa shape index (κ2) is 5.07. The Morgan fingerprint density at radius 1 is 1.27 bits per heavy atom. The van der Waals surface area contributed by atoms with E-state index in [-0.39, 0.29) is 5.54 Å². The molecule has 1 aromatic rings. The van der Waals surface area contributed by atoms with Crippen LogP contribution < -0.4 is 10.1 Å². The van der Waals surface area contributed by atoms with Crippen LogP contribution in [0.1, 0.15) is 33.4 Å². The first-order chi connectivity index (χ1) is 7.01. The normalized spacial score (nSPS) is 11.5. The van der Waals surface area contributed by atoms with E-state index in [0.29, 0.717) is 12.5 Å². The third-order valence-electron chi connectivity index (χ3n) is 1.79. The molecule has 1 rings (SSSR count). The number of rotatable bonds is 4. The lowest BCUT2D eigenvalue weighted by Gasteiger charge is -2.19. The fraction of sp³-hybridized carbons (Fsp3) is 0.636. The largest absolute Gasteiger partial charge is 0.477 e. The third-order valence-corrected chi connectivity index (χ3v) is 1.79. The molecule has 0 spiro atoms. The van der Waals surface area contributed by atoms with Gasteiger partial charge in [0, 0.05) is 18.2 Å². The zero-order valence-electron chi connectivity index (χ0n) is 9.87. The molecular weight excluding hydrogens is 190 g/mol. The molecular formula is C11H19N3O. The molecule has 0 aliphatic rings. The van der Waals surface area contributed by atoms with Gasteiger partial charge in [-0.05, 0) is 33.8 Å². The van der Waals surface area contributed by atoms with E-state index in [9.17, 15) is 0 Å². The van der Waals surface area contributed by atoms with Crippen molar-refractivity contribution in [2.75, 3.05) is 6.61 Å². The van der Waals surface area contributed by atoms with Crippen molar-refractivity contribution in [3.05, 3.63) is 17.8 Å². The first kappa shape index (κ1) is 11.9. The van der Waals surface area contributed by atoms with Crippen molar-refractivity contribution in [3.63, 3.8) is 0 Å². The average molecular weight is 209 g/mol. The highest BCUT2D eigenvalue weighted by molar-refractivity contribution is 5.11. The van der Waals surface area contributed by atoms with Crippen LogP contribution >= 0.6 is 0 Å². The van der Waals surface area contributed by atoms with Crippen LogP contribution in [-0.2, 0) is 6.54 Å². The number of aromatic nitrogens is 2. The van der Waals surface area contributed by atoms with Gasteiger partial charge in [-0.15, -0.1) is 5.10 Å². The van der Waals surface area contributed by atoms with Crippen LogP contribution in [0, 0.1) is 0 Å². The van der Waals surface area contributed by atoms with Gasteiger partial charge in [0.05, 0.1) is 12.3 Å². The van der Waals surface area contributed by atoms with Crippen LogP contribution in [0.15, 0.2) is 12.1 Å². The van der Waals surface area contributed by atoms with Gasteiger partial charge in [0.2, 0.25) is 5.88 Å². The molecule has 4 heteroatoms. The minimum atomic E-state index is 0.0975. The second-order valence-electron chi connectivity index (χ2n) is 4.40. The maximum absolute atomic E-state index is 5.21. The fourth-order valence-electron chi connectivity index (χ4n) is 1.02. The molecule has 4 nitrogen and oxygen atoms in total. The van der Waals surface area contributed by atoms with Crippen LogP contribution in [0.5, 0.6) is 5.88 Å². The molecule has 0 bridgehead atoms. The van der Waals surface area contributed by atoms with E-state index in [0.717, 1.165) is 12.2 Å². The SMILES string of the molecule is CCOc1ccc(CNC(C)(C)C)nn1. The highest BCUT2D eigenvalue weighted by Gasteiger charge is 2.08. The second-order valence-corrected chi connectivity index (χ2v) is 4.40. The molecule has 0 aliphatic carbocycles. The van der Waals surface area contributed by atoms with Crippen molar-refractivity contribution in [2.24, 2.45) is 0 Å². The molecule has 0 aliphatic heterocycles. The van der Waals surface area contributed by atoms with E-state index in [1.165, 1.54) is 0 Å². The van der Waals surface area contributed by atoms with Gasteiger partial charge in [-0.3, -0.25) is 0 Å². The first-order valence-electron chi connectivity index (χ1n) is 5.21. The number of nitrogens with zero attached hydrogens (tertiary/aromatic N) is 2. The molecule has 1 heterocycles. The Balaban J connectivity index is 2.50. The Morgan fingerprint density at radius 3 is 2.47 bits per heavy atom. The van der Waals surface area contributed by atoms with Gasteiger partial charge < -0.3 is 10.1 Å². The van der Waals surface area contributed by atoms with E-state index in [1.807, 2.05) is 19.1 Å². The van der Waals surface area contributed by atoms with Crippen LogP contribution in [0.4, 0.5) is 0 Å². The van der Waals surface area contributed by atoms with Gasteiger partial charge in [0.25, 0.3) is 0 Å². The van der Waals surface area contributed by atoms with Crippen molar-refractivity contribution >= 4 is 0 Å². The van der Waals surface area contributed by atoms with Gasteiger partial charge >= 0.3 is 0 Å². The lowest BCUT2D eigenvalue weighted by molar-refractivity contribution is 0.321. The molecule has 0 saturated heterocycles. The number of hydrogen-bond donors (Lipinski definition) is 1. The predicted octanol–water partition coefficient (Wildman–Crippen LogP) is 1.76. The van der Waals surface area contributed by atoms with E-state index >= 15 is 0 Å². The Labute approximate surface area is 91.1 Å². The van der Waals surface area contributed by atoms with E-state index in [1.54, 1.807) is 0 Å². The summed E-state index contributed by atoms with van der Waals surface area (Å²) in [6.45, 7) is 9.63. The summed E-state index contributed by atoms with van der Waals surface area (Å²) in [6.07, 6.45) is 0. The molecule has 1 N–H and O–H groups in total. The summed E-state index contributed by atoms with van der Waals surface area (Å²) in [5, 5.41) is 11.4. The Morgan fingerprint density at radius 2 is 2.00 bits per heavy atom. The maximum Gasteiger partial charge on any atom is 0.233 e. The standard InChI is InChI=1S/C11H19N3O/c1-5-15-10-7-6-9(13-14-10)8-12-11(2,3)4/h6-7,12H,5,8H2,1-4H3. The highest BCUT2D eigenvalue weighted by atomic mass is 16.5. The van der Waals surface area contributed by atoms with Crippen LogP contribution in [0.25, 0.3) is 0 Å². The summed E-state index contributed by atoms with van der Waals surface area (Å²) in [5.41, 5.74) is 1.02. The first-order valence-corrected chi connectivity index (χ1v) is 5.21. The number of hydrogen-bond acceptors (Lipinski definition) is 4. The van der Waals surface area contributed by atoms with Gasteiger partial charge in [-0.1, -0.05) is 0 Å². The third kappa shape index (κ3) is 4.74. The summed E-state index contributed by atoms with van der Waals surface area (Å²) in [4.78, 5) is 0. The van der Waals surface area contributed by atoms with Gasteiger partial charge in [-0.25, -0.2) is 0 Å². The average Bonchev–Trinajstić information content (AvgIpc) is 2.16. The van der Waals surface area contributed by atoms with Crippen LogP contribution in [0.2, 0.25) is 0 Å². The van der Waals surface area contributed by atoms with Gasteiger partial charge in [0.15, 0.2) is 0 Å². The van der Waals surface area contributed by atoms with Crippen molar-refractivity contribution in [1.29, 1.82) is 0 Å². The summed E-state index contributed by atoms with van der Waals surface area (Å²) in [7, 11) is 0. The Bertz CT molecular complexity index is 290. The van der Waals surface area contributed by atoms with Crippen LogP contribution in [0.3, 0.4) is 0 Å². The number of nitrogens with one attached hydrogen (secondary N) is 1. The quantitative estimate of drug-likeness (QED) is 0.821. The molecule has 0 aromatic carbocycles. The molecule has 0 saturated carbocycles. The molecule has 0 amide bonds. The summed E-state index contributed by atoms with van der Waals surface area (Å²) in [6, 6.07) is 3.77. The van der Waals surface area contributed by atoms with E-state index in [4.69, 9.17) is 4.74 Å². The lowest BCUT2D eigenvalue weighted by atomic mass is 10.1. The Hall–Kier alpha value is -1.16. The van der Waals surface area contributed by atoms with Crippen molar-refractivity contribution in [3.8, 4) is 5.88 Å². The van der Waals surface area contributed by atoms with Crippen molar-refractivity contribution in [2.45, 2.75) is 39.8 Å². The Kier molecular flexibility index (Phi) is 4.03.